The number of benzene rings is 1. The van der Waals surface area contributed by atoms with Crippen molar-refractivity contribution in [1.82, 2.24) is 0 Å². The van der Waals surface area contributed by atoms with E-state index in [0.29, 0.717) is 4.90 Å². The Morgan fingerprint density at radius 1 is 1.44 bits per heavy atom. The summed E-state index contributed by atoms with van der Waals surface area (Å²) in [6, 6.07) is 8.64. The normalized spacial score (nSPS) is 11.2. The number of hydrogen-bond acceptors (Lipinski definition) is 4. The molecule has 1 N–H and O–H groups in total. The minimum absolute atomic E-state index is 0.239. The number of nitrogens with zero attached hydrogens (tertiary/aromatic N) is 2. The van der Waals surface area contributed by atoms with Crippen molar-refractivity contribution in [2.45, 2.75) is 17.1 Å². The quantitative estimate of drug-likeness (QED) is 0.805. The van der Waals surface area contributed by atoms with E-state index < -0.39 is 11.2 Å². The van der Waals surface area contributed by atoms with Gasteiger partial charge >= 0.3 is 5.97 Å². The van der Waals surface area contributed by atoms with Crippen molar-refractivity contribution in [3.63, 3.8) is 0 Å². The molecule has 1 atom stereocenters. The molecule has 5 heteroatoms. The van der Waals surface area contributed by atoms with Gasteiger partial charge < -0.3 is 5.11 Å². The zero-order valence-electron chi connectivity index (χ0n) is 8.47. The molecular formula is C11H8N2O2S. The molecule has 80 valence electrons. The van der Waals surface area contributed by atoms with E-state index in [1.165, 1.54) is 13.0 Å². The van der Waals surface area contributed by atoms with Crippen LogP contribution < -0.4 is 0 Å². The second kappa shape index (κ2) is 5.20. The molecule has 0 aromatic heterocycles. The second-order valence-corrected chi connectivity index (χ2v) is 4.38. The summed E-state index contributed by atoms with van der Waals surface area (Å²) in [4.78, 5) is 11.2. The molecule has 0 bridgehead atoms. The maximum absolute atomic E-state index is 10.7. The van der Waals surface area contributed by atoms with E-state index in [0.717, 1.165) is 11.8 Å². The summed E-state index contributed by atoms with van der Waals surface area (Å²) in [5.74, 6) is -0.948. The summed E-state index contributed by atoms with van der Waals surface area (Å²) in [6.07, 6.45) is 0. The van der Waals surface area contributed by atoms with Crippen LogP contribution in [-0.4, -0.2) is 16.3 Å². The first-order chi connectivity index (χ1) is 7.60. The van der Waals surface area contributed by atoms with Gasteiger partial charge in [0.1, 0.15) is 17.4 Å². The summed E-state index contributed by atoms with van der Waals surface area (Å²) >= 11 is 1.06. The Bertz CT molecular complexity index is 500. The van der Waals surface area contributed by atoms with Gasteiger partial charge in [0, 0.05) is 4.90 Å². The van der Waals surface area contributed by atoms with Gasteiger partial charge in [0.05, 0.1) is 11.1 Å². The van der Waals surface area contributed by atoms with Gasteiger partial charge in [-0.1, -0.05) is 6.07 Å². The molecule has 16 heavy (non-hydrogen) atoms. The van der Waals surface area contributed by atoms with Crippen molar-refractivity contribution < 1.29 is 9.90 Å². The molecule has 1 rings (SSSR count). The Kier molecular flexibility index (Phi) is 3.93. The summed E-state index contributed by atoms with van der Waals surface area (Å²) in [7, 11) is 0. The topological polar surface area (TPSA) is 84.9 Å². The van der Waals surface area contributed by atoms with Gasteiger partial charge in [0.25, 0.3) is 0 Å². The van der Waals surface area contributed by atoms with E-state index in [4.69, 9.17) is 15.6 Å². The molecule has 0 radical (unpaired) electrons. The Morgan fingerprint density at radius 2 is 2.12 bits per heavy atom. The van der Waals surface area contributed by atoms with Crippen molar-refractivity contribution in [2.75, 3.05) is 0 Å². The molecule has 1 aromatic rings. The number of aliphatic carboxylic acids is 1. The van der Waals surface area contributed by atoms with Crippen LogP contribution in [0.2, 0.25) is 0 Å². The molecule has 1 unspecified atom stereocenters. The Labute approximate surface area is 97.1 Å². The van der Waals surface area contributed by atoms with E-state index >= 15 is 0 Å². The van der Waals surface area contributed by atoms with Crippen molar-refractivity contribution >= 4 is 17.7 Å². The van der Waals surface area contributed by atoms with E-state index in [-0.39, 0.29) is 11.1 Å². The highest BCUT2D eigenvalue weighted by Crippen LogP contribution is 2.28. The third-order valence-electron chi connectivity index (χ3n) is 1.91. The molecule has 1 aromatic carbocycles. The van der Waals surface area contributed by atoms with Gasteiger partial charge in [-0.25, -0.2) is 0 Å². The van der Waals surface area contributed by atoms with Gasteiger partial charge in [-0.3, -0.25) is 4.79 Å². The minimum atomic E-state index is -0.948. The zero-order chi connectivity index (χ0) is 12.1. The van der Waals surface area contributed by atoms with Crippen LogP contribution in [0.1, 0.15) is 18.1 Å². The lowest BCUT2D eigenvalue weighted by Gasteiger charge is -2.07. The molecule has 0 aliphatic heterocycles. The molecule has 0 aliphatic rings. The first kappa shape index (κ1) is 12.1. The highest BCUT2D eigenvalue weighted by Gasteiger charge is 2.16. The van der Waals surface area contributed by atoms with E-state index in [1.54, 1.807) is 12.1 Å². The first-order valence-electron chi connectivity index (χ1n) is 4.42. The fraction of sp³-hybridized carbons (Fsp3) is 0.182. The average Bonchev–Trinajstić information content (AvgIpc) is 2.28. The van der Waals surface area contributed by atoms with Crippen LogP contribution in [0, 0.1) is 22.7 Å². The lowest BCUT2D eigenvalue weighted by atomic mass is 10.1. The maximum Gasteiger partial charge on any atom is 0.316 e. The van der Waals surface area contributed by atoms with Gasteiger partial charge in [-0.15, -0.1) is 11.8 Å². The van der Waals surface area contributed by atoms with Crippen LogP contribution in [0.4, 0.5) is 0 Å². The monoisotopic (exact) mass is 232 g/mol. The van der Waals surface area contributed by atoms with Crippen molar-refractivity contribution in [2.24, 2.45) is 0 Å². The van der Waals surface area contributed by atoms with E-state index in [9.17, 15) is 4.79 Å². The summed E-state index contributed by atoms with van der Waals surface area (Å²) in [5, 5.41) is 25.8. The minimum Gasteiger partial charge on any atom is -0.480 e. The highest BCUT2D eigenvalue weighted by molar-refractivity contribution is 8.00. The SMILES string of the molecule is CC(Sc1cccc(C#N)c1C#N)C(=O)O. The largest absolute Gasteiger partial charge is 0.480 e. The van der Waals surface area contributed by atoms with Crippen LogP contribution in [0.5, 0.6) is 0 Å². The smallest absolute Gasteiger partial charge is 0.316 e. The van der Waals surface area contributed by atoms with Crippen LogP contribution in [0.3, 0.4) is 0 Å². The lowest BCUT2D eigenvalue weighted by Crippen LogP contribution is -2.11. The Hall–Kier alpha value is -1.98. The number of carboxylic acid groups (broad SMARTS) is 1. The zero-order valence-corrected chi connectivity index (χ0v) is 9.28. The maximum atomic E-state index is 10.7. The summed E-state index contributed by atoms with van der Waals surface area (Å²) in [6.45, 7) is 1.53. The third kappa shape index (κ3) is 2.53. The van der Waals surface area contributed by atoms with Crippen LogP contribution >= 0.6 is 11.8 Å². The molecule has 4 nitrogen and oxygen atoms in total. The van der Waals surface area contributed by atoms with Crippen LogP contribution in [0.15, 0.2) is 23.1 Å². The van der Waals surface area contributed by atoms with Crippen LogP contribution in [-0.2, 0) is 4.79 Å². The molecule has 0 saturated heterocycles. The number of carboxylic acids is 1. The van der Waals surface area contributed by atoms with Crippen LogP contribution in [0.25, 0.3) is 0 Å². The predicted molar refractivity (Wildman–Crippen MR) is 58.8 cm³/mol. The van der Waals surface area contributed by atoms with Crippen molar-refractivity contribution in [3.8, 4) is 12.1 Å². The van der Waals surface area contributed by atoms with Gasteiger partial charge in [0.15, 0.2) is 0 Å². The number of thioether (sulfide) groups is 1. The number of carbonyl (C=O) groups is 1. The van der Waals surface area contributed by atoms with Crippen molar-refractivity contribution in [1.29, 1.82) is 10.5 Å². The Morgan fingerprint density at radius 3 is 2.62 bits per heavy atom. The summed E-state index contributed by atoms with van der Waals surface area (Å²) < 4.78 is 0. The highest BCUT2D eigenvalue weighted by atomic mass is 32.2. The molecule has 0 fully saturated rings. The predicted octanol–water partition coefficient (Wildman–Crippen LogP) is 2.00. The average molecular weight is 232 g/mol. The molecule has 0 heterocycles. The first-order valence-corrected chi connectivity index (χ1v) is 5.30. The van der Waals surface area contributed by atoms with E-state index in [1.807, 2.05) is 12.1 Å². The van der Waals surface area contributed by atoms with E-state index in [2.05, 4.69) is 0 Å². The number of hydrogen-bond donors (Lipinski definition) is 1. The summed E-state index contributed by atoms with van der Waals surface area (Å²) in [5.41, 5.74) is 0.508. The van der Waals surface area contributed by atoms with Gasteiger partial charge in [-0.2, -0.15) is 10.5 Å². The molecular weight excluding hydrogens is 224 g/mol. The van der Waals surface area contributed by atoms with Crippen molar-refractivity contribution in [3.05, 3.63) is 29.3 Å². The van der Waals surface area contributed by atoms with Gasteiger partial charge in [-0.05, 0) is 19.1 Å². The number of nitriles is 2. The fourth-order valence-electron chi connectivity index (χ4n) is 1.08. The Balaban J connectivity index is 3.12. The van der Waals surface area contributed by atoms with Gasteiger partial charge in [0.2, 0.25) is 0 Å². The molecule has 0 amide bonds. The molecule has 0 spiro atoms. The number of rotatable bonds is 3. The molecule has 0 aliphatic carbocycles. The third-order valence-corrected chi connectivity index (χ3v) is 3.06. The standard InChI is InChI=1S/C11H8N2O2S/c1-7(11(14)15)16-10-4-2-3-8(5-12)9(10)6-13/h2-4,7H,1H3,(H,14,15). The lowest BCUT2D eigenvalue weighted by molar-refractivity contribution is -0.136. The second-order valence-electron chi connectivity index (χ2n) is 3.00. The molecule has 0 saturated carbocycles. The fourth-order valence-corrected chi connectivity index (χ4v) is 1.99.